The zero-order valence-corrected chi connectivity index (χ0v) is 21.3. The number of benzene rings is 3. The molecule has 2 aliphatic rings. The molecule has 0 saturated heterocycles. The molecular weight excluding hydrogens is 476 g/mol. The number of aryl methyl sites for hydroxylation is 2. The second-order valence-corrected chi connectivity index (χ2v) is 10.2. The van der Waals surface area contributed by atoms with Gasteiger partial charge in [0.15, 0.2) is 17.5 Å². The lowest BCUT2D eigenvalue weighted by atomic mass is 9.98. The second kappa shape index (κ2) is 8.57. The highest BCUT2D eigenvalue weighted by molar-refractivity contribution is 7.10. The van der Waals surface area contributed by atoms with Gasteiger partial charge < -0.3 is 10.2 Å². The Hall–Kier alpha value is -4.49. The van der Waals surface area contributed by atoms with Crippen molar-refractivity contribution in [2.75, 3.05) is 10.2 Å². The molecule has 0 fully saturated rings. The number of para-hydroxylation sites is 4. The minimum Gasteiger partial charge on any atom is -0.335 e. The molecule has 7 heteroatoms. The van der Waals surface area contributed by atoms with Crippen LogP contribution >= 0.6 is 11.3 Å². The number of hydrogen-bond acceptors (Lipinski definition) is 5. The molecule has 0 bridgehead atoms. The van der Waals surface area contributed by atoms with Crippen LogP contribution in [0.15, 0.2) is 106 Å². The maximum Gasteiger partial charge on any atom is 0.179 e. The first-order valence-corrected chi connectivity index (χ1v) is 13.1. The Bertz CT molecular complexity index is 1680. The first kappa shape index (κ1) is 21.8. The van der Waals surface area contributed by atoms with Crippen LogP contribution in [-0.4, -0.2) is 21.5 Å². The summed E-state index contributed by atoms with van der Waals surface area (Å²) in [5.74, 6) is 2.34. The third kappa shape index (κ3) is 3.50. The summed E-state index contributed by atoms with van der Waals surface area (Å²) in [7, 11) is 0. The largest absolute Gasteiger partial charge is 0.335 e. The lowest BCUT2D eigenvalue weighted by molar-refractivity contribution is 0.831. The smallest absolute Gasteiger partial charge is 0.179 e. The molecule has 3 aromatic carbocycles. The van der Waals surface area contributed by atoms with E-state index in [0.29, 0.717) is 0 Å². The van der Waals surface area contributed by atoms with E-state index in [1.54, 1.807) is 11.3 Å². The number of rotatable bonds is 3. The summed E-state index contributed by atoms with van der Waals surface area (Å²) in [5.41, 5.74) is 7.16. The van der Waals surface area contributed by atoms with Crippen molar-refractivity contribution < 1.29 is 0 Å². The predicted octanol–water partition coefficient (Wildman–Crippen LogP) is 7.35. The molecule has 0 radical (unpaired) electrons. The number of fused-ring (bicyclic) bond motifs is 4. The van der Waals surface area contributed by atoms with Crippen molar-refractivity contribution in [3.63, 3.8) is 0 Å². The molecule has 0 unspecified atom stereocenters. The number of anilines is 2. The number of aromatic nitrogens is 2. The van der Waals surface area contributed by atoms with Crippen LogP contribution in [0.4, 0.5) is 22.9 Å². The SMILES string of the molecule is Cc1ccccc1N=C1Nc2ccccc2N2C1=Nc1c(c(C)nn1-c1ccccc1)[C@H]2c1cccs1. The van der Waals surface area contributed by atoms with Gasteiger partial charge in [-0.05, 0) is 61.2 Å². The van der Waals surface area contributed by atoms with Crippen molar-refractivity contribution in [2.45, 2.75) is 19.9 Å². The Labute approximate surface area is 219 Å². The maximum atomic E-state index is 5.29. The van der Waals surface area contributed by atoms with E-state index in [4.69, 9.17) is 15.1 Å². The van der Waals surface area contributed by atoms with Gasteiger partial charge in [0.25, 0.3) is 0 Å². The molecule has 4 heterocycles. The van der Waals surface area contributed by atoms with Crippen LogP contribution in [-0.2, 0) is 0 Å². The number of nitrogens with one attached hydrogen (secondary N) is 1. The molecule has 0 saturated carbocycles. The monoisotopic (exact) mass is 500 g/mol. The standard InChI is InChI=1S/C30H24N6S/c1-19-11-6-7-14-22(19)31-28-30-33-29-26(20(2)34-36(29)21-12-4-3-5-13-21)27(25-17-10-18-37-25)35(30)24-16-9-8-15-23(24)32-28/h3-18,27H,1-2H3,(H,31,32)/t27-/m1/s1. The average Bonchev–Trinajstić information content (AvgIpc) is 3.58. The van der Waals surface area contributed by atoms with E-state index in [0.717, 1.165) is 57.1 Å². The minimum absolute atomic E-state index is 0.0784. The predicted molar refractivity (Wildman–Crippen MR) is 152 cm³/mol. The third-order valence-electron chi connectivity index (χ3n) is 6.84. The first-order valence-electron chi connectivity index (χ1n) is 12.3. The van der Waals surface area contributed by atoms with Gasteiger partial charge in [0, 0.05) is 10.4 Å². The fourth-order valence-electron chi connectivity index (χ4n) is 5.11. The highest BCUT2D eigenvalue weighted by Gasteiger charge is 2.42. The molecule has 2 aromatic heterocycles. The molecule has 0 aliphatic carbocycles. The van der Waals surface area contributed by atoms with Crippen LogP contribution in [0.3, 0.4) is 0 Å². The molecule has 180 valence electrons. The topological polar surface area (TPSA) is 57.8 Å². The summed E-state index contributed by atoms with van der Waals surface area (Å²) in [4.78, 5) is 13.9. The van der Waals surface area contributed by atoms with Gasteiger partial charge in [-0.3, -0.25) is 0 Å². The van der Waals surface area contributed by atoms with Crippen molar-refractivity contribution in [3.05, 3.63) is 118 Å². The van der Waals surface area contributed by atoms with E-state index in [2.05, 4.69) is 78.0 Å². The Balaban J connectivity index is 1.54. The summed E-state index contributed by atoms with van der Waals surface area (Å²) in [6.45, 7) is 4.16. The summed E-state index contributed by atoms with van der Waals surface area (Å²) >= 11 is 1.75. The maximum absolute atomic E-state index is 5.29. The first-order chi connectivity index (χ1) is 18.2. The Morgan fingerprint density at radius 3 is 2.46 bits per heavy atom. The highest BCUT2D eigenvalue weighted by Crippen LogP contribution is 2.48. The molecule has 1 atom stereocenters. The number of amidine groups is 2. The van der Waals surface area contributed by atoms with Crippen molar-refractivity contribution in [1.29, 1.82) is 0 Å². The quantitative estimate of drug-likeness (QED) is 0.282. The van der Waals surface area contributed by atoms with Gasteiger partial charge in [0.1, 0.15) is 6.04 Å². The summed E-state index contributed by atoms with van der Waals surface area (Å²) < 4.78 is 1.96. The minimum atomic E-state index is -0.0784. The van der Waals surface area contributed by atoms with E-state index in [1.807, 2.05) is 47.1 Å². The number of nitrogens with zero attached hydrogens (tertiary/aromatic N) is 5. The lowest BCUT2D eigenvalue weighted by Crippen LogP contribution is -2.48. The lowest BCUT2D eigenvalue weighted by Gasteiger charge is -2.41. The Kier molecular flexibility index (Phi) is 5.04. The zero-order valence-electron chi connectivity index (χ0n) is 20.5. The van der Waals surface area contributed by atoms with E-state index in [9.17, 15) is 0 Å². The summed E-state index contributed by atoms with van der Waals surface area (Å²) in [5, 5.41) is 10.7. The van der Waals surface area contributed by atoms with Gasteiger partial charge in [-0.2, -0.15) is 5.10 Å². The molecule has 0 amide bonds. The highest BCUT2D eigenvalue weighted by atomic mass is 32.1. The van der Waals surface area contributed by atoms with Crippen LogP contribution in [0.5, 0.6) is 0 Å². The zero-order chi connectivity index (χ0) is 24.9. The molecule has 7 rings (SSSR count). The fourth-order valence-corrected chi connectivity index (χ4v) is 5.93. The van der Waals surface area contributed by atoms with Crippen LogP contribution < -0.4 is 10.2 Å². The van der Waals surface area contributed by atoms with Crippen molar-refractivity contribution in [3.8, 4) is 5.69 Å². The number of aliphatic imine (C=N–C) groups is 2. The van der Waals surface area contributed by atoms with Gasteiger partial charge >= 0.3 is 0 Å². The molecular formula is C30H24N6S. The molecule has 6 nitrogen and oxygen atoms in total. The van der Waals surface area contributed by atoms with Gasteiger partial charge in [0.2, 0.25) is 0 Å². The van der Waals surface area contributed by atoms with Crippen LogP contribution in [0.1, 0.15) is 27.7 Å². The molecule has 0 spiro atoms. The van der Waals surface area contributed by atoms with E-state index >= 15 is 0 Å². The van der Waals surface area contributed by atoms with Crippen LogP contribution in [0.25, 0.3) is 5.69 Å². The second-order valence-electron chi connectivity index (χ2n) is 9.18. The normalized spacial score (nSPS) is 17.0. The Morgan fingerprint density at radius 1 is 0.865 bits per heavy atom. The van der Waals surface area contributed by atoms with Gasteiger partial charge in [-0.1, -0.05) is 54.6 Å². The van der Waals surface area contributed by atoms with Crippen LogP contribution in [0.2, 0.25) is 0 Å². The number of hydrogen-bond donors (Lipinski definition) is 1. The molecule has 2 aliphatic heterocycles. The fraction of sp³-hybridized carbons (Fsp3) is 0.100. The van der Waals surface area contributed by atoms with Crippen LogP contribution in [0, 0.1) is 13.8 Å². The number of thiophene rings is 1. The average molecular weight is 501 g/mol. The molecule has 5 aromatic rings. The van der Waals surface area contributed by atoms with Crippen molar-refractivity contribution >= 4 is 45.9 Å². The van der Waals surface area contributed by atoms with Crippen molar-refractivity contribution in [2.24, 2.45) is 9.98 Å². The van der Waals surface area contributed by atoms with Gasteiger partial charge in [-0.25, -0.2) is 14.7 Å². The summed E-state index contributed by atoms with van der Waals surface area (Å²) in [6.07, 6.45) is 0. The van der Waals surface area contributed by atoms with Crippen molar-refractivity contribution in [1.82, 2.24) is 9.78 Å². The van der Waals surface area contributed by atoms with Gasteiger partial charge in [-0.15, -0.1) is 11.3 Å². The van der Waals surface area contributed by atoms with Gasteiger partial charge in [0.05, 0.1) is 28.4 Å². The molecule has 37 heavy (non-hydrogen) atoms. The Morgan fingerprint density at radius 2 is 1.65 bits per heavy atom. The van der Waals surface area contributed by atoms with E-state index in [1.165, 1.54) is 4.88 Å². The molecule has 1 N–H and O–H groups in total. The van der Waals surface area contributed by atoms with E-state index in [-0.39, 0.29) is 6.04 Å². The third-order valence-corrected chi connectivity index (χ3v) is 7.77. The van der Waals surface area contributed by atoms with E-state index < -0.39 is 0 Å². The summed E-state index contributed by atoms with van der Waals surface area (Å²) in [6, 6.07) is 31.0.